The Labute approximate surface area is 375 Å². The molecular weight excluding hydrogens is 917 g/mol. The molecule has 301 valence electrons. The standard InChI is InChI=1S/C29H20N.C29H28N.Ir/c1-2-9-22(10-3-1)23-11-6-12-24(19-23)25-13-7-14-26(20-25)27-15-8-16-28(21-27)29-17-4-5-18-30-29;1(4-12-24-13-6-3-7-14-24)2-5-15-25-16-10-17-26(22-25)27-18-11-19-28(23-27)29-20-8-9-21-30-29;/h1-15,17-21H;3,6-11,13-14,16-18,20-23H,1-2,4-5,12,15H2;/q2*-1;. The van der Waals surface area contributed by atoms with E-state index in [0.717, 1.165) is 34.5 Å². The first-order valence-corrected chi connectivity index (χ1v) is 21.0. The van der Waals surface area contributed by atoms with Crippen LogP contribution in [0, 0.1) is 12.1 Å². The van der Waals surface area contributed by atoms with Crippen LogP contribution in [0.3, 0.4) is 0 Å². The molecule has 2 aromatic heterocycles. The van der Waals surface area contributed by atoms with Gasteiger partial charge < -0.3 is 9.97 Å². The average Bonchev–Trinajstić information content (AvgIpc) is 3.34. The Morgan fingerprint density at radius 3 is 1.21 bits per heavy atom. The van der Waals surface area contributed by atoms with Gasteiger partial charge in [0, 0.05) is 32.5 Å². The van der Waals surface area contributed by atoms with E-state index < -0.39 is 0 Å². The summed E-state index contributed by atoms with van der Waals surface area (Å²) >= 11 is 0. The van der Waals surface area contributed by atoms with E-state index in [9.17, 15) is 0 Å². The Hall–Kier alpha value is -6.51. The first kappa shape index (κ1) is 42.6. The molecule has 3 heteroatoms. The SMILES string of the molecule is [Ir].[c-]1ccc(-c2cccc(-c3cccc(-c4ccccc4)c3)c2)cc1-c1ccccn1.[c-]1ccc(-c2cccc(CCCCCCc3ccccc3)c2)cc1-c1ccccn1. The summed E-state index contributed by atoms with van der Waals surface area (Å²) in [5.74, 6) is 0. The summed E-state index contributed by atoms with van der Waals surface area (Å²) < 4.78 is 0. The van der Waals surface area contributed by atoms with E-state index in [1.54, 1.807) is 0 Å². The molecule has 9 aromatic rings. The fourth-order valence-electron chi connectivity index (χ4n) is 7.58. The van der Waals surface area contributed by atoms with Gasteiger partial charge in [0.15, 0.2) is 0 Å². The zero-order valence-electron chi connectivity index (χ0n) is 34.3. The van der Waals surface area contributed by atoms with Crippen molar-refractivity contribution in [2.24, 2.45) is 0 Å². The maximum atomic E-state index is 4.46. The molecule has 2 heterocycles. The molecule has 0 N–H and O–H groups in total. The molecule has 61 heavy (non-hydrogen) atoms. The maximum Gasteiger partial charge on any atom is 0.0160 e. The van der Waals surface area contributed by atoms with Gasteiger partial charge in [-0.3, -0.25) is 0 Å². The van der Waals surface area contributed by atoms with Gasteiger partial charge in [-0.1, -0.05) is 158 Å². The van der Waals surface area contributed by atoms with E-state index in [-0.39, 0.29) is 20.1 Å². The molecule has 1 radical (unpaired) electrons. The van der Waals surface area contributed by atoms with Gasteiger partial charge in [0.05, 0.1) is 0 Å². The van der Waals surface area contributed by atoms with Crippen LogP contribution < -0.4 is 0 Å². The van der Waals surface area contributed by atoms with Gasteiger partial charge in [0.2, 0.25) is 0 Å². The third kappa shape index (κ3) is 12.0. The Bertz CT molecular complexity index is 2600. The summed E-state index contributed by atoms with van der Waals surface area (Å²) in [6, 6.07) is 78.8. The van der Waals surface area contributed by atoms with Crippen LogP contribution in [-0.2, 0) is 32.9 Å². The summed E-state index contributed by atoms with van der Waals surface area (Å²) in [5.41, 5.74) is 16.5. The van der Waals surface area contributed by atoms with Crippen LogP contribution in [-0.4, -0.2) is 9.97 Å². The molecule has 0 aliphatic rings. The summed E-state index contributed by atoms with van der Waals surface area (Å²) in [6.07, 6.45) is 11.1. The third-order valence-electron chi connectivity index (χ3n) is 10.8. The second-order valence-electron chi connectivity index (χ2n) is 15.0. The molecule has 0 spiro atoms. The van der Waals surface area contributed by atoms with E-state index in [2.05, 4.69) is 174 Å². The zero-order chi connectivity index (χ0) is 40.6. The molecule has 0 amide bonds. The number of hydrogen-bond donors (Lipinski definition) is 0. The molecule has 0 fully saturated rings. The van der Waals surface area contributed by atoms with Gasteiger partial charge in [-0.2, -0.15) is 0 Å². The zero-order valence-corrected chi connectivity index (χ0v) is 36.7. The fourth-order valence-corrected chi connectivity index (χ4v) is 7.58. The third-order valence-corrected chi connectivity index (χ3v) is 10.8. The van der Waals surface area contributed by atoms with Crippen molar-refractivity contribution in [1.29, 1.82) is 0 Å². The van der Waals surface area contributed by atoms with Crippen molar-refractivity contribution in [2.75, 3.05) is 0 Å². The van der Waals surface area contributed by atoms with Gasteiger partial charge in [0.25, 0.3) is 0 Å². The monoisotopic (exact) mass is 965 g/mol. The molecule has 0 aliphatic carbocycles. The molecular formula is C58H48IrN2-2. The molecule has 2 nitrogen and oxygen atoms in total. The fraction of sp³-hybridized carbons (Fsp3) is 0.103. The van der Waals surface area contributed by atoms with Gasteiger partial charge in [0.1, 0.15) is 0 Å². The van der Waals surface area contributed by atoms with Crippen molar-refractivity contribution in [3.63, 3.8) is 0 Å². The summed E-state index contributed by atoms with van der Waals surface area (Å²) in [5, 5.41) is 0. The first-order chi connectivity index (χ1) is 29.7. The van der Waals surface area contributed by atoms with Crippen LogP contribution >= 0.6 is 0 Å². The van der Waals surface area contributed by atoms with Crippen molar-refractivity contribution < 1.29 is 20.1 Å². The van der Waals surface area contributed by atoms with E-state index in [1.165, 1.54) is 82.2 Å². The van der Waals surface area contributed by atoms with Crippen LogP contribution in [0.5, 0.6) is 0 Å². The molecule has 0 aliphatic heterocycles. The molecule has 0 unspecified atom stereocenters. The summed E-state index contributed by atoms with van der Waals surface area (Å²) in [7, 11) is 0. The number of aryl methyl sites for hydroxylation is 2. The number of unbranched alkanes of at least 4 members (excludes halogenated alkanes) is 3. The molecule has 0 bridgehead atoms. The Morgan fingerprint density at radius 1 is 0.311 bits per heavy atom. The Balaban J connectivity index is 0.000000181. The maximum absolute atomic E-state index is 4.46. The summed E-state index contributed by atoms with van der Waals surface area (Å²) in [4.78, 5) is 8.91. The second kappa shape index (κ2) is 22.2. The Morgan fingerprint density at radius 2 is 0.705 bits per heavy atom. The van der Waals surface area contributed by atoms with Gasteiger partial charge >= 0.3 is 0 Å². The van der Waals surface area contributed by atoms with Crippen LogP contribution in [0.15, 0.2) is 219 Å². The molecule has 0 saturated heterocycles. The van der Waals surface area contributed by atoms with Gasteiger partial charge in [-0.25, -0.2) is 0 Å². The van der Waals surface area contributed by atoms with E-state index in [0.29, 0.717) is 0 Å². The van der Waals surface area contributed by atoms with Crippen molar-refractivity contribution in [2.45, 2.75) is 38.5 Å². The Kier molecular flexibility index (Phi) is 15.5. The van der Waals surface area contributed by atoms with Crippen molar-refractivity contribution in [3.8, 4) is 67.0 Å². The van der Waals surface area contributed by atoms with E-state index in [1.807, 2.05) is 67.0 Å². The smallest absolute Gasteiger partial charge is 0.0160 e. The number of hydrogen-bond acceptors (Lipinski definition) is 2. The van der Waals surface area contributed by atoms with Crippen LogP contribution in [0.25, 0.3) is 67.0 Å². The molecule has 7 aromatic carbocycles. The molecule has 9 rings (SSSR count). The molecule has 0 atom stereocenters. The number of aromatic nitrogens is 2. The predicted molar refractivity (Wildman–Crippen MR) is 251 cm³/mol. The van der Waals surface area contributed by atoms with E-state index >= 15 is 0 Å². The van der Waals surface area contributed by atoms with Crippen molar-refractivity contribution >= 4 is 0 Å². The topological polar surface area (TPSA) is 25.8 Å². The first-order valence-electron chi connectivity index (χ1n) is 21.0. The van der Waals surface area contributed by atoms with Gasteiger partial charge in [-0.15, -0.1) is 70.8 Å². The second-order valence-corrected chi connectivity index (χ2v) is 15.0. The van der Waals surface area contributed by atoms with Crippen molar-refractivity contribution in [3.05, 3.63) is 242 Å². The normalized spacial score (nSPS) is 10.6. The largest absolute Gasteiger partial charge is 0.305 e. The molecule has 0 saturated carbocycles. The van der Waals surface area contributed by atoms with Crippen LogP contribution in [0.2, 0.25) is 0 Å². The quantitative estimate of drug-likeness (QED) is 0.0850. The summed E-state index contributed by atoms with van der Waals surface area (Å²) in [6.45, 7) is 0. The number of benzene rings is 7. The minimum absolute atomic E-state index is 0. The number of pyridine rings is 2. The van der Waals surface area contributed by atoms with Crippen molar-refractivity contribution in [1.82, 2.24) is 9.97 Å². The minimum Gasteiger partial charge on any atom is -0.305 e. The van der Waals surface area contributed by atoms with Crippen LogP contribution in [0.1, 0.15) is 36.8 Å². The minimum atomic E-state index is 0. The van der Waals surface area contributed by atoms with Crippen LogP contribution in [0.4, 0.5) is 0 Å². The average molecular weight is 965 g/mol. The van der Waals surface area contributed by atoms with E-state index in [4.69, 9.17) is 0 Å². The number of rotatable bonds is 13. The van der Waals surface area contributed by atoms with Gasteiger partial charge in [-0.05, 0) is 106 Å². The predicted octanol–water partition coefficient (Wildman–Crippen LogP) is 15.1. The number of nitrogens with zero attached hydrogens (tertiary/aromatic N) is 2.